The summed E-state index contributed by atoms with van der Waals surface area (Å²) >= 11 is 0. The number of anilines is 2. The number of benzene rings is 2. The third-order valence-corrected chi connectivity index (χ3v) is 4.03. The van der Waals surface area contributed by atoms with Crippen LogP contribution < -0.4 is 20.9 Å². The number of ether oxygens (including phenoxy) is 2. The van der Waals surface area contributed by atoms with Crippen LogP contribution in [0, 0.1) is 6.92 Å². The van der Waals surface area contributed by atoms with E-state index in [1.807, 2.05) is 49.4 Å². The van der Waals surface area contributed by atoms with Crippen LogP contribution in [0.15, 0.2) is 42.5 Å². The highest BCUT2D eigenvalue weighted by Gasteiger charge is 2.14. The molecule has 0 aliphatic rings. The predicted octanol–water partition coefficient (Wildman–Crippen LogP) is 4.91. The molecule has 2 aromatic carbocycles. The first-order chi connectivity index (χ1) is 11.6. The van der Waals surface area contributed by atoms with Gasteiger partial charge in [-0.2, -0.15) is 0 Å². The molecule has 0 spiro atoms. The van der Waals surface area contributed by atoms with E-state index in [-0.39, 0.29) is 6.29 Å². The molecule has 0 aliphatic carbocycles. The van der Waals surface area contributed by atoms with Crippen molar-refractivity contribution in [2.75, 3.05) is 11.5 Å². The van der Waals surface area contributed by atoms with E-state index < -0.39 is 0 Å². The Balaban J connectivity index is 2.06. The van der Waals surface area contributed by atoms with Crippen molar-refractivity contribution in [1.82, 2.24) is 0 Å². The van der Waals surface area contributed by atoms with Gasteiger partial charge in [-0.1, -0.05) is 32.3 Å². The zero-order chi connectivity index (χ0) is 17.4. The van der Waals surface area contributed by atoms with Gasteiger partial charge in [-0.3, -0.25) is 0 Å². The largest absolute Gasteiger partial charge is 0.455 e. The maximum Gasteiger partial charge on any atom is 0.241 e. The summed E-state index contributed by atoms with van der Waals surface area (Å²) in [5.74, 6) is 1.53. The Kier molecular flexibility index (Phi) is 6.79. The molecule has 0 bridgehead atoms. The standard InChI is InChI=1S/C20H28N2O2/c1-3-4-5-6-10-20(23-17-13-11-16(21)12-14-17)24-19-9-7-8-18(22)15(19)2/h7-9,11-14,20H,3-6,10,21-22H2,1-2H3. The fourth-order valence-corrected chi connectivity index (χ4v) is 2.48. The molecule has 1 atom stereocenters. The third-order valence-electron chi connectivity index (χ3n) is 4.03. The molecule has 0 heterocycles. The summed E-state index contributed by atoms with van der Waals surface area (Å²) in [7, 11) is 0. The van der Waals surface area contributed by atoms with Gasteiger partial charge in [0.05, 0.1) is 0 Å². The maximum atomic E-state index is 6.11. The Morgan fingerprint density at radius 2 is 1.67 bits per heavy atom. The van der Waals surface area contributed by atoms with E-state index in [4.69, 9.17) is 20.9 Å². The van der Waals surface area contributed by atoms with Crippen LogP contribution in [0.3, 0.4) is 0 Å². The smallest absolute Gasteiger partial charge is 0.241 e. The quantitative estimate of drug-likeness (QED) is 0.389. The van der Waals surface area contributed by atoms with E-state index in [0.29, 0.717) is 0 Å². The molecule has 24 heavy (non-hydrogen) atoms. The number of rotatable bonds is 9. The highest BCUT2D eigenvalue weighted by molar-refractivity contribution is 5.53. The Bertz CT molecular complexity index is 626. The Labute approximate surface area is 144 Å². The van der Waals surface area contributed by atoms with Crippen molar-refractivity contribution in [2.24, 2.45) is 0 Å². The maximum absolute atomic E-state index is 6.11. The van der Waals surface area contributed by atoms with Gasteiger partial charge in [-0.25, -0.2) is 0 Å². The van der Waals surface area contributed by atoms with Crippen molar-refractivity contribution in [3.8, 4) is 11.5 Å². The SMILES string of the molecule is CCCCCCC(Oc1ccc(N)cc1)Oc1cccc(N)c1C. The minimum Gasteiger partial charge on any atom is -0.455 e. The first-order valence-corrected chi connectivity index (χ1v) is 8.64. The van der Waals surface area contributed by atoms with E-state index in [9.17, 15) is 0 Å². The predicted molar refractivity (Wildman–Crippen MR) is 100 cm³/mol. The second kappa shape index (κ2) is 9.06. The van der Waals surface area contributed by atoms with Crippen LogP contribution in [-0.2, 0) is 0 Å². The molecular formula is C20H28N2O2. The minimum absolute atomic E-state index is 0.342. The molecule has 0 amide bonds. The Morgan fingerprint density at radius 3 is 2.38 bits per heavy atom. The average molecular weight is 328 g/mol. The second-order valence-electron chi connectivity index (χ2n) is 6.05. The van der Waals surface area contributed by atoms with E-state index in [1.54, 1.807) is 0 Å². The molecule has 4 N–H and O–H groups in total. The van der Waals surface area contributed by atoms with Crippen molar-refractivity contribution < 1.29 is 9.47 Å². The number of nitrogens with two attached hydrogens (primary N) is 2. The molecule has 0 saturated carbocycles. The lowest BCUT2D eigenvalue weighted by atomic mass is 10.1. The summed E-state index contributed by atoms with van der Waals surface area (Å²) in [5, 5.41) is 0. The lowest BCUT2D eigenvalue weighted by Crippen LogP contribution is -2.24. The van der Waals surface area contributed by atoms with Gasteiger partial charge >= 0.3 is 0 Å². The Morgan fingerprint density at radius 1 is 0.917 bits per heavy atom. The average Bonchev–Trinajstić information content (AvgIpc) is 2.57. The van der Waals surface area contributed by atoms with Gasteiger partial charge in [-0.15, -0.1) is 0 Å². The monoisotopic (exact) mass is 328 g/mol. The van der Waals surface area contributed by atoms with E-state index in [0.717, 1.165) is 41.3 Å². The van der Waals surface area contributed by atoms with Crippen molar-refractivity contribution in [3.05, 3.63) is 48.0 Å². The van der Waals surface area contributed by atoms with Crippen LogP contribution in [0.5, 0.6) is 11.5 Å². The number of hydrogen-bond acceptors (Lipinski definition) is 4. The molecule has 0 saturated heterocycles. The number of unbranched alkanes of at least 4 members (excludes halogenated alkanes) is 3. The summed E-state index contributed by atoms with van der Waals surface area (Å²) in [6.45, 7) is 4.16. The first-order valence-electron chi connectivity index (χ1n) is 8.64. The van der Waals surface area contributed by atoms with Gasteiger partial charge in [0.25, 0.3) is 0 Å². The molecule has 0 aromatic heterocycles. The van der Waals surface area contributed by atoms with E-state index in [1.165, 1.54) is 19.3 Å². The molecule has 0 aliphatic heterocycles. The lowest BCUT2D eigenvalue weighted by Gasteiger charge is -2.22. The van der Waals surface area contributed by atoms with Gasteiger partial charge in [0, 0.05) is 23.4 Å². The molecule has 2 aromatic rings. The summed E-state index contributed by atoms with van der Waals surface area (Å²) < 4.78 is 12.1. The molecule has 4 heteroatoms. The second-order valence-corrected chi connectivity index (χ2v) is 6.05. The summed E-state index contributed by atoms with van der Waals surface area (Å²) in [5.41, 5.74) is 14.1. The normalized spacial score (nSPS) is 11.9. The molecular weight excluding hydrogens is 300 g/mol. The van der Waals surface area contributed by atoms with Crippen molar-refractivity contribution in [2.45, 2.75) is 52.2 Å². The molecule has 0 radical (unpaired) electrons. The van der Waals surface area contributed by atoms with Gasteiger partial charge in [0.2, 0.25) is 6.29 Å². The van der Waals surface area contributed by atoms with E-state index >= 15 is 0 Å². The minimum atomic E-state index is -0.342. The summed E-state index contributed by atoms with van der Waals surface area (Å²) in [6.07, 6.45) is 5.17. The van der Waals surface area contributed by atoms with Gasteiger partial charge < -0.3 is 20.9 Å². The third kappa shape index (κ3) is 5.37. The van der Waals surface area contributed by atoms with Crippen LogP contribution in [0.4, 0.5) is 11.4 Å². The van der Waals surface area contributed by atoms with Crippen molar-refractivity contribution in [1.29, 1.82) is 0 Å². The Hall–Kier alpha value is -2.36. The molecule has 130 valence electrons. The van der Waals surface area contributed by atoms with Crippen LogP contribution in [0.1, 0.15) is 44.6 Å². The topological polar surface area (TPSA) is 70.5 Å². The fourth-order valence-electron chi connectivity index (χ4n) is 2.48. The highest BCUT2D eigenvalue weighted by atomic mass is 16.7. The van der Waals surface area contributed by atoms with Crippen LogP contribution >= 0.6 is 0 Å². The molecule has 4 nitrogen and oxygen atoms in total. The van der Waals surface area contributed by atoms with Crippen molar-refractivity contribution in [3.63, 3.8) is 0 Å². The highest BCUT2D eigenvalue weighted by Crippen LogP contribution is 2.26. The number of hydrogen-bond donors (Lipinski definition) is 2. The zero-order valence-corrected chi connectivity index (χ0v) is 14.6. The van der Waals surface area contributed by atoms with E-state index in [2.05, 4.69) is 6.92 Å². The zero-order valence-electron chi connectivity index (χ0n) is 14.6. The van der Waals surface area contributed by atoms with Gasteiger partial charge in [-0.05, 0) is 49.7 Å². The lowest BCUT2D eigenvalue weighted by molar-refractivity contribution is -0.00286. The van der Waals surface area contributed by atoms with Crippen LogP contribution in [0.2, 0.25) is 0 Å². The molecule has 0 fully saturated rings. The van der Waals surface area contributed by atoms with Crippen LogP contribution in [-0.4, -0.2) is 6.29 Å². The first kappa shape index (κ1) is 18.0. The summed E-state index contributed by atoms with van der Waals surface area (Å²) in [6, 6.07) is 13.1. The molecule has 2 rings (SSSR count). The molecule has 1 unspecified atom stereocenters. The summed E-state index contributed by atoms with van der Waals surface area (Å²) in [4.78, 5) is 0. The van der Waals surface area contributed by atoms with Gasteiger partial charge in [0.15, 0.2) is 0 Å². The van der Waals surface area contributed by atoms with Crippen LogP contribution in [0.25, 0.3) is 0 Å². The number of nitrogen functional groups attached to an aromatic ring is 2. The van der Waals surface area contributed by atoms with Gasteiger partial charge in [0.1, 0.15) is 11.5 Å². The van der Waals surface area contributed by atoms with Crippen molar-refractivity contribution >= 4 is 11.4 Å². The fraction of sp³-hybridized carbons (Fsp3) is 0.400.